The van der Waals surface area contributed by atoms with Crippen molar-refractivity contribution in [2.24, 2.45) is 0 Å². The van der Waals surface area contributed by atoms with Crippen LogP contribution in [0, 0.1) is 0 Å². The summed E-state index contributed by atoms with van der Waals surface area (Å²) in [6.45, 7) is 2.19. The van der Waals surface area contributed by atoms with Crippen LogP contribution in [0.25, 0.3) is 0 Å². The Hall–Kier alpha value is -1.97. The van der Waals surface area contributed by atoms with Gasteiger partial charge in [0.25, 0.3) is 0 Å². The van der Waals surface area contributed by atoms with Crippen LogP contribution < -0.4 is 9.80 Å². The second-order valence-corrected chi connectivity index (χ2v) is 5.59. The van der Waals surface area contributed by atoms with Crippen molar-refractivity contribution in [1.82, 2.24) is 9.78 Å². The van der Waals surface area contributed by atoms with Gasteiger partial charge in [0.1, 0.15) is 0 Å². The third-order valence-corrected chi connectivity index (χ3v) is 4.07. The quantitative estimate of drug-likeness (QED) is 0.857. The predicted molar refractivity (Wildman–Crippen MR) is 83.5 cm³/mol. The largest absolute Gasteiger partial charge is 0.376 e. The number of aromatic nitrogens is 2. The number of hydrogen-bond donors (Lipinski definition) is 0. The van der Waals surface area contributed by atoms with Gasteiger partial charge in [-0.1, -0.05) is 12.1 Å². The molecule has 1 fully saturated rings. The lowest BCUT2D eigenvalue weighted by atomic mass is 10.0. The minimum Gasteiger partial charge on any atom is -0.376 e. The van der Waals surface area contributed by atoms with Crippen LogP contribution in [0.1, 0.15) is 18.9 Å². The molecule has 0 atom stereocenters. The Bertz CT molecular complexity index is 539. The maximum absolute atomic E-state index is 4.37. The van der Waals surface area contributed by atoms with Gasteiger partial charge in [-0.3, -0.25) is 4.68 Å². The van der Waals surface area contributed by atoms with Crippen LogP contribution in [0.4, 0.5) is 11.4 Å². The summed E-state index contributed by atoms with van der Waals surface area (Å²) < 4.78 is 2.11. The number of hydrogen-bond acceptors (Lipinski definition) is 3. The van der Waals surface area contributed by atoms with Crippen molar-refractivity contribution in [3.8, 4) is 0 Å². The van der Waals surface area contributed by atoms with E-state index >= 15 is 0 Å². The second kappa shape index (κ2) is 5.57. The Morgan fingerprint density at radius 3 is 2.50 bits per heavy atom. The summed E-state index contributed by atoms with van der Waals surface area (Å²) in [5, 5.41) is 4.37. The van der Waals surface area contributed by atoms with Crippen molar-refractivity contribution < 1.29 is 0 Å². The summed E-state index contributed by atoms with van der Waals surface area (Å²) in [6.07, 6.45) is 6.26. The van der Waals surface area contributed by atoms with E-state index < -0.39 is 0 Å². The SMILES string of the molecule is CN(C)c1ccccc1N1CCC(n2cccn2)CC1. The fourth-order valence-corrected chi connectivity index (χ4v) is 2.98. The van der Waals surface area contributed by atoms with E-state index in [0.29, 0.717) is 6.04 Å². The number of nitrogens with zero attached hydrogens (tertiary/aromatic N) is 4. The Morgan fingerprint density at radius 2 is 1.85 bits per heavy atom. The highest BCUT2D eigenvalue weighted by molar-refractivity contribution is 5.70. The first-order valence-electron chi connectivity index (χ1n) is 7.26. The molecule has 3 rings (SSSR count). The average molecular weight is 270 g/mol. The standard InChI is InChI=1S/C16H22N4/c1-18(2)15-6-3-4-7-16(15)19-12-8-14(9-13-19)20-11-5-10-17-20/h3-7,10-11,14H,8-9,12-13H2,1-2H3. The molecular formula is C16H22N4. The molecule has 0 amide bonds. The first kappa shape index (κ1) is 13.0. The fraction of sp³-hybridized carbons (Fsp3) is 0.438. The van der Waals surface area contributed by atoms with Gasteiger partial charge in [-0.25, -0.2) is 0 Å². The highest BCUT2D eigenvalue weighted by Crippen LogP contribution is 2.32. The number of anilines is 2. The van der Waals surface area contributed by atoms with Crippen LogP contribution in [0.2, 0.25) is 0 Å². The molecule has 20 heavy (non-hydrogen) atoms. The normalized spacial score (nSPS) is 16.4. The van der Waals surface area contributed by atoms with Crippen molar-refractivity contribution in [2.75, 3.05) is 37.0 Å². The third kappa shape index (κ3) is 2.50. The van der Waals surface area contributed by atoms with Gasteiger partial charge in [0.05, 0.1) is 17.4 Å². The topological polar surface area (TPSA) is 24.3 Å². The van der Waals surface area contributed by atoms with E-state index in [1.165, 1.54) is 11.4 Å². The first-order chi connectivity index (χ1) is 9.75. The van der Waals surface area contributed by atoms with Crippen LogP contribution in [-0.2, 0) is 0 Å². The van der Waals surface area contributed by atoms with Crippen LogP contribution in [-0.4, -0.2) is 37.0 Å². The van der Waals surface area contributed by atoms with Gasteiger partial charge in [0, 0.05) is 39.6 Å². The van der Waals surface area contributed by atoms with Gasteiger partial charge >= 0.3 is 0 Å². The number of para-hydroxylation sites is 2. The van der Waals surface area contributed by atoms with Crippen molar-refractivity contribution in [2.45, 2.75) is 18.9 Å². The van der Waals surface area contributed by atoms with Crippen LogP contribution in [0.3, 0.4) is 0 Å². The monoisotopic (exact) mass is 270 g/mol. The summed E-state index contributed by atoms with van der Waals surface area (Å²) in [4.78, 5) is 4.68. The zero-order valence-corrected chi connectivity index (χ0v) is 12.2. The molecule has 4 heteroatoms. The molecule has 1 aromatic heterocycles. The van der Waals surface area contributed by atoms with Crippen LogP contribution in [0.5, 0.6) is 0 Å². The van der Waals surface area contributed by atoms with E-state index in [-0.39, 0.29) is 0 Å². The highest BCUT2D eigenvalue weighted by atomic mass is 15.3. The van der Waals surface area contributed by atoms with Crippen LogP contribution >= 0.6 is 0 Å². The Morgan fingerprint density at radius 1 is 1.10 bits per heavy atom. The van der Waals surface area contributed by atoms with E-state index in [1.807, 2.05) is 12.3 Å². The molecule has 0 unspecified atom stereocenters. The van der Waals surface area contributed by atoms with E-state index in [1.54, 1.807) is 0 Å². The van der Waals surface area contributed by atoms with E-state index in [4.69, 9.17) is 0 Å². The number of benzene rings is 1. The van der Waals surface area contributed by atoms with Crippen LogP contribution in [0.15, 0.2) is 42.7 Å². The zero-order chi connectivity index (χ0) is 13.9. The van der Waals surface area contributed by atoms with E-state index in [0.717, 1.165) is 25.9 Å². The molecule has 1 aromatic carbocycles. The first-order valence-corrected chi connectivity index (χ1v) is 7.26. The minimum absolute atomic E-state index is 0.549. The maximum atomic E-state index is 4.37. The van der Waals surface area contributed by atoms with Gasteiger partial charge in [-0.15, -0.1) is 0 Å². The lowest BCUT2D eigenvalue weighted by Gasteiger charge is -2.35. The van der Waals surface area contributed by atoms with Gasteiger partial charge in [0.2, 0.25) is 0 Å². The average Bonchev–Trinajstić information content (AvgIpc) is 3.02. The molecule has 1 aliphatic heterocycles. The van der Waals surface area contributed by atoms with Crippen molar-refractivity contribution >= 4 is 11.4 Å². The summed E-state index contributed by atoms with van der Waals surface area (Å²) >= 11 is 0. The molecule has 2 heterocycles. The Labute approximate surface area is 120 Å². The van der Waals surface area contributed by atoms with Crippen molar-refractivity contribution in [3.63, 3.8) is 0 Å². The molecule has 2 aromatic rings. The molecular weight excluding hydrogens is 248 g/mol. The summed E-state index contributed by atoms with van der Waals surface area (Å²) in [6, 6.07) is 11.2. The summed E-state index contributed by atoms with van der Waals surface area (Å²) in [5.74, 6) is 0. The number of rotatable bonds is 3. The molecule has 0 saturated carbocycles. The van der Waals surface area contributed by atoms with E-state index in [2.05, 4.69) is 64.1 Å². The summed E-state index contributed by atoms with van der Waals surface area (Å²) in [5.41, 5.74) is 2.64. The lowest BCUT2D eigenvalue weighted by Crippen LogP contribution is -2.35. The Kier molecular flexibility index (Phi) is 3.63. The molecule has 0 N–H and O–H groups in total. The predicted octanol–water partition coefficient (Wildman–Crippen LogP) is 2.79. The lowest BCUT2D eigenvalue weighted by molar-refractivity contribution is 0.367. The summed E-state index contributed by atoms with van der Waals surface area (Å²) in [7, 11) is 4.21. The molecule has 0 spiro atoms. The highest BCUT2D eigenvalue weighted by Gasteiger charge is 2.22. The third-order valence-electron chi connectivity index (χ3n) is 4.07. The van der Waals surface area contributed by atoms with Gasteiger partial charge in [0.15, 0.2) is 0 Å². The smallest absolute Gasteiger partial charge is 0.0603 e. The van der Waals surface area contributed by atoms with E-state index in [9.17, 15) is 0 Å². The van der Waals surface area contributed by atoms with Crippen molar-refractivity contribution in [3.05, 3.63) is 42.7 Å². The molecule has 0 bridgehead atoms. The molecule has 4 nitrogen and oxygen atoms in total. The van der Waals surface area contributed by atoms with Gasteiger partial charge in [-0.05, 0) is 31.0 Å². The van der Waals surface area contributed by atoms with Crippen molar-refractivity contribution in [1.29, 1.82) is 0 Å². The Balaban J connectivity index is 1.72. The molecule has 106 valence electrons. The molecule has 0 radical (unpaired) electrons. The van der Waals surface area contributed by atoms with Gasteiger partial charge < -0.3 is 9.80 Å². The van der Waals surface area contributed by atoms with Gasteiger partial charge in [-0.2, -0.15) is 5.10 Å². The second-order valence-electron chi connectivity index (χ2n) is 5.59. The fourth-order valence-electron chi connectivity index (χ4n) is 2.98. The maximum Gasteiger partial charge on any atom is 0.0603 e. The molecule has 1 saturated heterocycles. The molecule has 0 aliphatic carbocycles. The zero-order valence-electron chi connectivity index (χ0n) is 12.2. The minimum atomic E-state index is 0.549. The number of piperidine rings is 1. The molecule has 1 aliphatic rings.